The van der Waals surface area contributed by atoms with Crippen molar-refractivity contribution in [2.75, 3.05) is 6.54 Å². The summed E-state index contributed by atoms with van der Waals surface area (Å²) in [5, 5.41) is 6.82. The van der Waals surface area contributed by atoms with Gasteiger partial charge in [0, 0.05) is 18.3 Å². The summed E-state index contributed by atoms with van der Waals surface area (Å²) >= 11 is 8.30. The molecule has 4 rings (SSSR count). The summed E-state index contributed by atoms with van der Waals surface area (Å²) < 4.78 is 2.48. The highest BCUT2D eigenvalue weighted by Crippen LogP contribution is 2.35. The molecule has 0 bridgehead atoms. The van der Waals surface area contributed by atoms with Gasteiger partial charge in [-0.05, 0) is 23.1 Å². The second-order valence-corrected chi connectivity index (χ2v) is 8.80. The lowest BCUT2D eigenvalue weighted by atomic mass is 10.2. The van der Waals surface area contributed by atoms with Crippen molar-refractivity contribution in [2.45, 2.75) is 6.54 Å². The van der Waals surface area contributed by atoms with Gasteiger partial charge in [-0.25, -0.2) is 0 Å². The van der Waals surface area contributed by atoms with Crippen LogP contribution in [0.4, 0.5) is 0 Å². The molecule has 0 saturated carbocycles. The quantitative estimate of drug-likeness (QED) is 0.316. The monoisotopic (exact) mass is 423 g/mol. The Balaban J connectivity index is 1.70. The fraction of sp³-hybridized carbons (Fsp3) is 0.0952. The minimum absolute atomic E-state index is 0.0807. The summed E-state index contributed by atoms with van der Waals surface area (Å²) in [6.07, 6.45) is 5.57. The number of carbonyl (C=O) groups excluding carboxylic acids is 1. The second kappa shape index (κ2) is 8.26. The predicted octanol–water partition coefficient (Wildman–Crippen LogP) is 5.05. The van der Waals surface area contributed by atoms with E-state index < -0.39 is 0 Å². The fourth-order valence-electron chi connectivity index (χ4n) is 2.93. The summed E-state index contributed by atoms with van der Waals surface area (Å²) in [6, 6.07) is 14.2. The molecule has 1 fully saturated rings. The summed E-state index contributed by atoms with van der Waals surface area (Å²) in [6.45, 7) is 4.79. The third kappa shape index (κ3) is 3.87. The van der Waals surface area contributed by atoms with Gasteiger partial charge in [-0.3, -0.25) is 14.4 Å². The van der Waals surface area contributed by atoms with E-state index in [0.29, 0.717) is 22.3 Å². The van der Waals surface area contributed by atoms with Gasteiger partial charge in [0.2, 0.25) is 0 Å². The van der Waals surface area contributed by atoms with Crippen molar-refractivity contribution in [1.82, 2.24) is 14.7 Å². The molecule has 4 nitrogen and oxygen atoms in total. The zero-order valence-corrected chi connectivity index (χ0v) is 17.4. The Morgan fingerprint density at radius 3 is 2.71 bits per heavy atom. The Bertz CT molecular complexity index is 1050. The molecule has 0 radical (unpaired) electrons. The van der Waals surface area contributed by atoms with Crippen LogP contribution in [0.5, 0.6) is 0 Å². The first-order valence-electron chi connectivity index (χ1n) is 8.67. The Labute approximate surface area is 177 Å². The molecule has 7 heteroatoms. The molecule has 1 aliphatic rings. The van der Waals surface area contributed by atoms with E-state index >= 15 is 0 Å². The van der Waals surface area contributed by atoms with E-state index in [0.717, 1.165) is 16.1 Å². The minimum Gasteiger partial charge on any atom is -0.289 e. The molecule has 3 aromatic rings. The molecule has 140 valence electrons. The number of amides is 1. The maximum absolute atomic E-state index is 12.7. The minimum atomic E-state index is -0.0807. The van der Waals surface area contributed by atoms with E-state index in [1.54, 1.807) is 22.3 Å². The van der Waals surface area contributed by atoms with Crippen molar-refractivity contribution in [3.8, 4) is 10.6 Å². The number of thiocarbonyl (C=S) groups is 1. The molecule has 1 aliphatic heterocycles. The third-order valence-corrected chi connectivity index (χ3v) is 6.46. The van der Waals surface area contributed by atoms with Crippen LogP contribution < -0.4 is 0 Å². The molecule has 2 aromatic heterocycles. The van der Waals surface area contributed by atoms with Gasteiger partial charge in [0.05, 0.1) is 16.3 Å². The Morgan fingerprint density at radius 1 is 1.18 bits per heavy atom. The van der Waals surface area contributed by atoms with Crippen LogP contribution in [0.15, 0.2) is 71.6 Å². The topological polar surface area (TPSA) is 38.1 Å². The van der Waals surface area contributed by atoms with E-state index in [4.69, 9.17) is 17.3 Å². The Kier molecular flexibility index (Phi) is 5.57. The van der Waals surface area contributed by atoms with Gasteiger partial charge < -0.3 is 0 Å². The maximum atomic E-state index is 12.7. The van der Waals surface area contributed by atoms with Crippen molar-refractivity contribution in [3.63, 3.8) is 0 Å². The normalized spacial score (nSPS) is 15.6. The van der Waals surface area contributed by atoms with Gasteiger partial charge in [-0.2, -0.15) is 5.10 Å². The lowest BCUT2D eigenvalue weighted by Crippen LogP contribution is -2.27. The standard InChI is InChI=1S/C21H17N3OS3/c1-2-10-24-20(25)18(28-21(24)26)12-16-14-23(13-15-7-4-3-5-8-15)22-19(16)17-9-6-11-27-17/h2-9,11-12,14H,1,10,13H2/b18-12+. The fourth-order valence-corrected chi connectivity index (χ4v) is 4.92. The third-order valence-electron chi connectivity index (χ3n) is 4.20. The van der Waals surface area contributed by atoms with E-state index in [2.05, 4.69) is 18.7 Å². The van der Waals surface area contributed by atoms with Crippen molar-refractivity contribution in [1.29, 1.82) is 0 Å². The molecule has 0 atom stereocenters. The van der Waals surface area contributed by atoms with Crippen molar-refractivity contribution >= 4 is 51.6 Å². The number of nitrogens with zero attached hydrogens (tertiary/aromatic N) is 3. The van der Waals surface area contributed by atoms with E-state index in [9.17, 15) is 4.79 Å². The van der Waals surface area contributed by atoms with Gasteiger partial charge in [-0.15, -0.1) is 17.9 Å². The molecule has 0 unspecified atom stereocenters. The molecule has 0 aliphatic carbocycles. The van der Waals surface area contributed by atoms with Gasteiger partial charge in [0.1, 0.15) is 10.0 Å². The maximum Gasteiger partial charge on any atom is 0.266 e. The molecule has 0 N–H and O–H groups in total. The average Bonchev–Trinajstić information content (AvgIpc) is 3.40. The summed E-state index contributed by atoms with van der Waals surface area (Å²) in [5.74, 6) is -0.0807. The van der Waals surface area contributed by atoms with E-state index in [-0.39, 0.29) is 5.91 Å². The number of benzene rings is 1. The highest BCUT2D eigenvalue weighted by Gasteiger charge is 2.31. The number of thioether (sulfide) groups is 1. The first-order chi connectivity index (χ1) is 13.7. The molecular formula is C21H17N3OS3. The van der Waals surface area contributed by atoms with Crippen molar-refractivity contribution in [3.05, 3.63) is 82.7 Å². The number of thiophene rings is 1. The summed E-state index contributed by atoms with van der Waals surface area (Å²) in [5.41, 5.74) is 2.96. The smallest absolute Gasteiger partial charge is 0.266 e. The number of hydrogen-bond donors (Lipinski definition) is 0. The van der Waals surface area contributed by atoms with Gasteiger partial charge >= 0.3 is 0 Å². The van der Waals surface area contributed by atoms with Crippen LogP contribution in [0, 0.1) is 0 Å². The molecule has 28 heavy (non-hydrogen) atoms. The Morgan fingerprint density at radius 2 is 2.00 bits per heavy atom. The van der Waals surface area contributed by atoms with Crippen molar-refractivity contribution in [2.24, 2.45) is 0 Å². The zero-order valence-electron chi connectivity index (χ0n) is 14.9. The van der Waals surface area contributed by atoms with Gasteiger partial charge in [0.15, 0.2) is 0 Å². The molecule has 1 amide bonds. The van der Waals surface area contributed by atoms with Crippen molar-refractivity contribution < 1.29 is 4.79 Å². The lowest BCUT2D eigenvalue weighted by Gasteiger charge is -2.10. The second-order valence-electron chi connectivity index (χ2n) is 6.17. The molecular weight excluding hydrogens is 406 g/mol. The van der Waals surface area contributed by atoms with Crippen LogP contribution in [0.25, 0.3) is 16.6 Å². The number of rotatable bonds is 6. The van der Waals surface area contributed by atoms with Gasteiger partial charge in [-0.1, -0.05) is 66.5 Å². The number of aromatic nitrogens is 2. The average molecular weight is 424 g/mol. The lowest BCUT2D eigenvalue weighted by molar-refractivity contribution is -0.121. The van der Waals surface area contributed by atoms with Crippen LogP contribution in [-0.2, 0) is 11.3 Å². The Hall–Kier alpha value is -2.48. The molecule has 1 aromatic carbocycles. The SMILES string of the molecule is C=CCN1C(=O)/C(=C\c2cn(Cc3ccccc3)nc2-c2cccs2)SC1=S. The molecule has 0 spiro atoms. The highest BCUT2D eigenvalue weighted by molar-refractivity contribution is 8.26. The van der Waals surface area contributed by atoms with Crippen LogP contribution in [0.1, 0.15) is 11.1 Å². The number of carbonyl (C=O) groups is 1. The largest absolute Gasteiger partial charge is 0.289 e. The molecule has 1 saturated heterocycles. The summed E-state index contributed by atoms with van der Waals surface area (Å²) in [4.78, 5) is 15.9. The van der Waals surface area contributed by atoms with E-state index in [1.807, 2.05) is 52.7 Å². The van der Waals surface area contributed by atoms with Crippen LogP contribution in [0.3, 0.4) is 0 Å². The van der Waals surface area contributed by atoms with Gasteiger partial charge in [0.25, 0.3) is 5.91 Å². The number of hydrogen-bond acceptors (Lipinski definition) is 5. The van der Waals surface area contributed by atoms with Crippen LogP contribution in [0.2, 0.25) is 0 Å². The van der Waals surface area contributed by atoms with E-state index in [1.165, 1.54) is 17.3 Å². The zero-order chi connectivity index (χ0) is 19.5. The first kappa shape index (κ1) is 18.9. The summed E-state index contributed by atoms with van der Waals surface area (Å²) in [7, 11) is 0. The first-order valence-corrected chi connectivity index (χ1v) is 10.8. The predicted molar refractivity (Wildman–Crippen MR) is 121 cm³/mol. The highest BCUT2D eigenvalue weighted by atomic mass is 32.2. The molecule has 3 heterocycles. The van der Waals surface area contributed by atoms with Crippen LogP contribution >= 0.6 is 35.3 Å². The van der Waals surface area contributed by atoms with Crippen LogP contribution in [-0.4, -0.2) is 31.5 Å².